The van der Waals surface area contributed by atoms with E-state index in [9.17, 15) is 4.79 Å². The smallest absolute Gasteiger partial charge is 0.408 e. The minimum absolute atomic E-state index is 0.120. The molecule has 5 heteroatoms. The summed E-state index contributed by atoms with van der Waals surface area (Å²) in [6.45, 7) is 7.99. The van der Waals surface area contributed by atoms with Crippen molar-refractivity contribution in [3.8, 4) is 5.75 Å². The van der Waals surface area contributed by atoms with E-state index in [1.54, 1.807) is 0 Å². The third-order valence-electron chi connectivity index (χ3n) is 2.68. The van der Waals surface area contributed by atoms with Gasteiger partial charge in [0, 0.05) is 13.0 Å². The summed E-state index contributed by atoms with van der Waals surface area (Å²) in [4.78, 5) is 11.7. The van der Waals surface area contributed by atoms with Crippen LogP contribution in [-0.2, 0) is 4.74 Å². The largest absolute Gasteiger partial charge is 0.494 e. The molecular weight excluding hydrogens is 270 g/mol. The molecule has 0 saturated heterocycles. The van der Waals surface area contributed by atoms with Gasteiger partial charge in [0.1, 0.15) is 11.4 Å². The zero-order valence-electron chi connectivity index (χ0n) is 13.2. The summed E-state index contributed by atoms with van der Waals surface area (Å²) < 4.78 is 10.7. The van der Waals surface area contributed by atoms with Crippen molar-refractivity contribution in [1.29, 1.82) is 0 Å². The number of rotatable bonds is 6. The molecule has 0 unspecified atom stereocenters. The second kappa shape index (κ2) is 7.88. The molecule has 1 atom stereocenters. The highest BCUT2D eigenvalue weighted by Gasteiger charge is 2.18. The van der Waals surface area contributed by atoms with Crippen molar-refractivity contribution in [2.24, 2.45) is 0 Å². The first-order valence-corrected chi connectivity index (χ1v) is 7.15. The molecule has 0 spiro atoms. The fraction of sp³-hybridized carbons (Fsp3) is 0.562. The van der Waals surface area contributed by atoms with Crippen LogP contribution < -0.4 is 10.1 Å². The maximum atomic E-state index is 11.7. The van der Waals surface area contributed by atoms with Gasteiger partial charge in [0.05, 0.1) is 12.6 Å². The van der Waals surface area contributed by atoms with Gasteiger partial charge in [-0.25, -0.2) is 4.79 Å². The van der Waals surface area contributed by atoms with Crippen LogP contribution >= 0.6 is 0 Å². The summed E-state index contributed by atoms with van der Waals surface area (Å²) in [5, 5.41) is 11.5. The lowest BCUT2D eigenvalue weighted by atomic mass is 10.1. The van der Waals surface area contributed by atoms with E-state index in [1.807, 2.05) is 52.0 Å². The number of aliphatic hydroxyl groups excluding tert-OH is 1. The van der Waals surface area contributed by atoms with Crippen molar-refractivity contribution in [1.82, 2.24) is 5.32 Å². The SMILES string of the molecule is C[C@@H](NC(=O)OC(C)(C)C)c1ccc(OCCCO)cc1. The number of ether oxygens (including phenoxy) is 2. The van der Waals surface area contributed by atoms with Crippen molar-refractivity contribution in [3.63, 3.8) is 0 Å². The van der Waals surface area contributed by atoms with Gasteiger partial charge >= 0.3 is 6.09 Å². The van der Waals surface area contributed by atoms with Crippen LogP contribution in [0.1, 0.15) is 45.7 Å². The van der Waals surface area contributed by atoms with Crippen LogP contribution in [0.2, 0.25) is 0 Å². The van der Waals surface area contributed by atoms with Gasteiger partial charge in [-0.05, 0) is 45.4 Å². The van der Waals surface area contributed by atoms with Crippen molar-refractivity contribution in [3.05, 3.63) is 29.8 Å². The van der Waals surface area contributed by atoms with Gasteiger partial charge in [0.15, 0.2) is 0 Å². The summed E-state index contributed by atoms with van der Waals surface area (Å²) in [6.07, 6.45) is 0.177. The minimum Gasteiger partial charge on any atom is -0.494 e. The summed E-state index contributed by atoms with van der Waals surface area (Å²) in [5.41, 5.74) is 0.462. The van der Waals surface area contributed by atoms with Crippen LogP contribution in [0.15, 0.2) is 24.3 Å². The van der Waals surface area contributed by atoms with Gasteiger partial charge in [-0.15, -0.1) is 0 Å². The lowest BCUT2D eigenvalue weighted by Crippen LogP contribution is -2.34. The number of hydrogen-bond acceptors (Lipinski definition) is 4. The zero-order valence-corrected chi connectivity index (χ0v) is 13.2. The number of hydrogen-bond donors (Lipinski definition) is 2. The lowest BCUT2D eigenvalue weighted by Gasteiger charge is -2.22. The number of carbonyl (C=O) groups excluding carboxylic acids is 1. The molecular formula is C16H25NO4. The van der Waals surface area contributed by atoms with Crippen LogP contribution in [0.25, 0.3) is 0 Å². The van der Waals surface area contributed by atoms with Crippen LogP contribution in [0.4, 0.5) is 4.79 Å². The van der Waals surface area contributed by atoms with Gasteiger partial charge in [-0.3, -0.25) is 0 Å². The Morgan fingerprint density at radius 3 is 2.43 bits per heavy atom. The summed E-state index contributed by atoms with van der Waals surface area (Å²) in [7, 11) is 0. The van der Waals surface area contributed by atoms with Crippen molar-refractivity contribution in [2.75, 3.05) is 13.2 Å². The molecule has 0 heterocycles. The standard InChI is InChI=1S/C16H25NO4/c1-12(17-15(19)21-16(2,3)4)13-6-8-14(9-7-13)20-11-5-10-18/h6-9,12,18H,5,10-11H2,1-4H3,(H,17,19)/t12-/m1/s1. The van der Waals surface area contributed by atoms with E-state index in [4.69, 9.17) is 14.6 Å². The Balaban J connectivity index is 2.51. The summed E-state index contributed by atoms with van der Waals surface area (Å²) >= 11 is 0. The maximum absolute atomic E-state index is 11.7. The summed E-state index contributed by atoms with van der Waals surface area (Å²) in [6, 6.07) is 7.35. The summed E-state index contributed by atoms with van der Waals surface area (Å²) in [5.74, 6) is 0.747. The molecule has 2 N–H and O–H groups in total. The highest BCUT2D eigenvalue weighted by molar-refractivity contribution is 5.68. The van der Waals surface area contributed by atoms with Crippen LogP contribution in [-0.4, -0.2) is 30.0 Å². The quantitative estimate of drug-likeness (QED) is 0.792. The first-order chi connectivity index (χ1) is 9.81. The molecule has 118 valence electrons. The van der Waals surface area contributed by atoms with Crippen molar-refractivity contribution in [2.45, 2.75) is 45.8 Å². The van der Waals surface area contributed by atoms with Gasteiger partial charge in [-0.1, -0.05) is 12.1 Å². The van der Waals surface area contributed by atoms with Gasteiger partial charge in [0.25, 0.3) is 0 Å². The molecule has 21 heavy (non-hydrogen) atoms. The molecule has 0 aliphatic heterocycles. The first-order valence-electron chi connectivity index (χ1n) is 7.15. The third kappa shape index (κ3) is 6.99. The van der Waals surface area contributed by atoms with Crippen LogP contribution in [0.3, 0.4) is 0 Å². The molecule has 1 rings (SSSR count). The predicted molar refractivity (Wildman–Crippen MR) is 81.4 cm³/mol. The number of aliphatic hydroxyl groups is 1. The highest BCUT2D eigenvalue weighted by atomic mass is 16.6. The normalized spacial score (nSPS) is 12.6. The fourth-order valence-corrected chi connectivity index (χ4v) is 1.67. The van der Waals surface area contributed by atoms with E-state index >= 15 is 0 Å². The Bertz CT molecular complexity index is 437. The van der Waals surface area contributed by atoms with Crippen LogP contribution in [0, 0.1) is 0 Å². The Hall–Kier alpha value is -1.75. The molecule has 5 nitrogen and oxygen atoms in total. The van der Waals surface area contributed by atoms with E-state index in [0.29, 0.717) is 13.0 Å². The van der Waals surface area contributed by atoms with E-state index < -0.39 is 11.7 Å². The number of benzene rings is 1. The van der Waals surface area contributed by atoms with E-state index in [1.165, 1.54) is 0 Å². The molecule has 0 saturated carbocycles. The Morgan fingerprint density at radius 2 is 1.90 bits per heavy atom. The fourth-order valence-electron chi connectivity index (χ4n) is 1.67. The topological polar surface area (TPSA) is 67.8 Å². The molecule has 1 aromatic rings. The number of alkyl carbamates (subject to hydrolysis) is 1. The van der Waals surface area contributed by atoms with Crippen molar-refractivity contribution >= 4 is 6.09 Å². The maximum Gasteiger partial charge on any atom is 0.408 e. The molecule has 0 aliphatic carbocycles. The molecule has 1 amide bonds. The van der Waals surface area contributed by atoms with E-state index in [-0.39, 0.29) is 12.6 Å². The van der Waals surface area contributed by atoms with E-state index in [2.05, 4.69) is 5.32 Å². The minimum atomic E-state index is -0.506. The molecule has 0 aromatic heterocycles. The Labute approximate surface area is 126 Å². The lowest BCUT2D eigenvalue weighted by molar-refractivity contribution is 0.0508. The molecule has 0 bridgehead atoms. The molecule has 1 aromatic carbocycles. The molecule has 0 fully saturated rings. The number of nitrogens with one attached hydrogen (secondary N) is 1. The third-order valence-corrected chi connectivity index (χ3v) is 2.68. The van der Waals surface area contributed by atoms with Crippen LogP contribution in [0.5, 0.6) is 5.75 Å². The van der Waals surface area contributed by atoms with Gasteiger partial charge in [0.2, 0.25) is 0 Å². The molecule has 0 aliphatic rings. The second-order valence-electron chi connectivity index (χ2n) is 5.86. The average molecular weight is 295 g/mol. The predicted octanol–water partition coefficient (Wildman–Crippen LogP) is 3.03. The zero-order chi connectivity index (χ0) is 15.9. The first kappa shape index (κ1) is 17.3. The van der Waals surface area contributed by atoms with Gasteiger partial charge in [-0.2, -0.15) is 0 Å². The van der Waals surface area contributed by atoms with Gasteiger partial charge < -0.3 is 19.9 Å². The van der Waals surface area contributed by atoms with Crippen molar-refractivity contribution < 1.29 is 19.4 Å². The number of carbonyl (C=O) groups is 1. The second-order valence-corrected chi connectivity index (χ2v) is 5.86. The van der Waals surface area contributed by atoms with E-state index in [0.717, 1.165) is 11.3 Å². The average Bonchev–Trinajstić information content (AvgIpc) is 2.37. The Kier molecular flexibility index (Phi) is 6.49. The number of amides is 1. The monoisotopic (exact) mass is 295 g/mol. The Morgan fingerprint density at radius 1 is 1.29 bits per heavy atom. The highest BCUT2D eigenvalue weighted by Crippen LogP contribution is 2.18. The molecule has 0 radical (unpaired) electrons.